The highest BCUT2D eigenvalue weighted by Crippen LogP contribution is 2.50. The fourth-order valence-electron chi connectivity index (χ4n) is 3.18. The Morgan fingerprint density at radius 2 is 1.09 bits per heavy atom. The third-order valence-corrected chi connectivity index (χ3v) is 9.05. The molecule has 0 saturated carbocycles. The number of hydrogen-bond acceptors (Lipinski definition) is 2. The summed E-state index contributed by atoms with van der Waals surface area (Å²) in [4.78, 5) is 0.407. The van der Waals surface area contributed by atoms with Crippen LogP contribution in [-0.2, 0) is 14.1 Å². The van der Waals surface area contributed by atoms with Gasteiger partial charge in [-0.1, -0.05) is 173 Å². The van der Waals surface area contributed by atoms with Crippen molar-refractivity contribution in [2.45, 2.75) is 61.5 Å². The molecular formula is C23H28Br6O2S. The summed E-state index contributed by atoms with van der Waals surface area (Å²) in [6.45, 7) is 11.5. The highest BCUT2D eigenvalue weighted by molar-refractivity contribution is 9.39. The van der Waals surface area contributed by atoms with Crippen molar-refractivity contribution in [2.24, 2.45) is 11.3 Å². The molecule has 2 aromatic rings. The Morgan fingerprint density at radius 3 is 1.34 bits per heavy atom. The van der Waals surface area contributed by atoms with Crippen LogP contribution in [0.5, 0.6) is 0 Å². The summed E-state index contributed by atoms with van der Waals surface area (Å²) in [6.07, 6.45) is 2.67. The van der Waals surface area contributed by atoms with Crippen LogP contribution in [0, 0.1) is 11.3 Å². The van der Waals surface area contributed by atoms with Gasteiger partial charge in [0.25, 0.3) is 0 Å². The van der Waals surface area contributed by atoms with Crippen LogP contribution in [0.1, 0.15) is 58.6 Å². The summed E-state index contributed by atoms with van der Waals surface area (Å²) in [5.41, 5.74) is 1.63. The van der Waals surface area contributed by atoms with Crippen molar-refractivity contribution in [2.75, 3.05) is 0 Å². The number of hydrogen-bond donors (Lipinski definition) is 0. The number of rotatable bonds is 4. The minimum Gasteiger partial charge on any atom is -0.218 e. The summed E-state index contributed by atoms with van der Waals surface area (Å²) >= 11 is 20.4. The van der Waals surface area contributed by atoms with E-state index >= 15 is 0 Å². The van der Waals surface area contributed by atoms with E-state index in [1.54, 1.807) is 48.5 Å². The second kappa shape index (κ2) is 12.5. The molecule has 0 aliphatic heterocycles. The summed E-state index contributed by atoms with van der Waals surface area (Å²) in [5, 5.41) is 0. The fraction of sp³-hybridized carbons (Fsp3) is 0.478. The molecule has 0 aliphatic carbocycles. The maximum atomic E-state index is 13.2. The van der Waals surface area contributed by atoms with Crippen molar-refractivity contribution in [3.05, 3.63) is 59.7 Å². The number of benzene rings is 2. The molecule has 0 N–H and O–H groups in total. The standard InChI is InChI=1S/C14H8Br6O2S.C9H20/c15-13(16,17)9-5-1-3-7-11(9)23(21,22)12-8-4-2-6-10(12)14(18,19)20;1-6-8(2)7-9(3,4)5/h1-8H;8H,6-7H2,1-5H3. The molecule has 0 heterocycles. The van der Waals surface area contributed by atoms with E-state index in [-0.39, 0.29) is 9.79 Å². The zero-order chi connectivity index (χ0) is 25.0. The van der Waals surface area contributed by atoms with E-state index in [9.17, 15) is 8.42 Å². The van der Waals surface area contributed by atoms with Crippen molar-refractivity contribution in [3.8, 4) is 0 Å². The summed E-state index contributed by atoms with van der Waals surface area (Å²) in [7, 11) is -3.75. The third kappa shape index (κ3) is 9.73. The first kappa shape index (κ1) is 31.3. The lowest BCUT2D eigenvalue weighted by atomic mass is 9.84. The monoisotopic (exact) mass is 842 g/mol. The van der Waals surface area contributed by atoms with Gasteiger partial charge in [-0.2, -0.15) is 0 Å². The van der Waals surface area contributed by atoms with Crippen molar-refractivity contribution in [3.63, 3.8) is 0 Å². The van der Waals surface area contributed by atoms with Gasteiger partial charge in [-0.25, -0.2) is 8.42 Å². The number of sulfone groups is 1. The van der Waals surface area contributed by atoms with Gasteiger partial charge in [-0.3, -0.25) is 0 Å². The van der Waals surface area contributed by atoms with E-state index in [4.69, 9.17) is 0 Å². The molecular weight excluding hydrogens is 820 g/mol. The van der Waals surface area contributed by atoms with Gasteiger partial charge in [0.2, 0.25) is 9.84 Å². The van der Waals surface area contributed by atoms with Gasteiger partial charge in [-0.15, -0.1) is 0 Å². The van der Waals surface area contributed by atoms with Crippen LogP contribution in [0.15, 0.2) is 58.3 Å². The normalized spacial score (nSPS) is 13.8. The van der Waals surface area contributed by atoms with Crippen LogP contribution in [0.25, 0.3) is 0 Å². The lowest BCUT2D eigenvalue weighted by Crippen LogP contribution is -2.14. The molecule has 0 bridgehead atoms. The molecule has 0 aliphatic rings. The molecule has 2 rings (SSSR count). The second-order valence-corrected chi connectivity index (χ2v) is 24.2. The van der Waals surface area contributed by atoms with Crippen LogP contribution in [0.3, 0.4) is 0 Å². The molecule has 0 amide bonds. The average Bonchev–Trinajstić information content (AvgIpc) is 2.66. The summed E-state index contributed by atoms with van der Waals surface area (Å²) in [6, 6.07) is 13.6. The summed E-state index contributed by atoms with van der Waals surface area (Å²) in [5.74, 6) is 0.894. The van der Waals surface area contributed by atoms with E-state index in [0.717, 1.165) is 5.92 Å². The molecule has 180 valence electrons. The highest BCUT2D eigenvalue weighted by atomic mass is 80.0. The number of alkyl halides is 6. The highest BCUT2D eigenvalue weighted by Gasteiger charge is 2.34. The van der Waals surface area contributed by atoms with E-state index in [1.165, 1.54) is 12.8 Å². The van der Waals surface area contributed by atoms with Gasteiger partial charge in [0.05, 0.1) is 9.79 Å². The van der Waals surface area contributed by atoms with Gasteiger partial charge in [0, 0.05) is 11.1 Å². The molecule has 0 spiro atoms. The quantitative estimate of drug-likeness (QED) is 0.287. The molecule has 0 aromatic heterocycles. The van der Waals surface area contributed by atoms with Crippen molar-refractivity contribution < 1.29 is 8.42 Å². The molecule has 9 heteroatoms. The lowest BCUT2D eigenvalue weighted by molar-refractivity contribution is 0.302. The molecule has 0 fully saturated rings. The smallest absolute Gasteiger partial charge is 0.207 e. The Morgan fingerprint density at radius 1 is 0.750 bits per heavy atom. The van der Waals surface area contributed by atoms with Crippen LogP contribution in [0.4, 0.5) is 0 Å². The predicted octanol–water partition coefficient (Wildman–Crippen LogP) is 10.6. The summed E-state index contributed by atoms with van der Waals surface area (Å²) < 4.78 is 24.8. The minimum absolute atomic E-state index is 0.204. The van der Waals surface area contributed by atoms with Crippen molar-refractivity contribution >= 4 is 105 Å². The Balaban J connectivity index is 0.000000482. The van der Waals surface area contributed by atoms with Crippen LogP contribution >= 0.6 is 95.6 Å². The zero-order valence-electron chi connectivity index (χ0n) is 18.6. The molecule has 1 unspecified atom stereocenters. The SMILES string of the molecule is CCC(C)CC(C)(C)C.O=S(=O)(c1ccccc1C(Br)(Br)Br)c1ccccc1C(Br)(Br)Br. The largest absolute Gasteiger partial charge is 0.218 e. The van der Waals surface area contributed by atoms with Crippen LogP contribution in [0.2, 0.25) is 0 Å². The van der Waals surface area contributed by atoms with Gasteiger partial charge in [-0.05, 0) is 29.9 Å². The third-order valence-electron chi connectivity index (χ3n) is 4.62. The zero-order valence-corrected chi connectivity index (χ0v) is 28.9. The van der Waals surface area contributed by atoms with Crippen molar-refractivity contribution in [1.82, 2.24) is 0 Å². The van der Waals surface area contributed by atoms with Crippen molar-refractivity contribution in [1.29, 1.82) is 0 Å². The van der Waals surface area contributed by atoms with Gasteiger partial charge < -0.3 is 0 Å². The van der Waals surface area contributed by atoms with E-state index in [1.807, 2.05) is 0 Å². The van der Waals surface area contributed by atoms with Gasteiger partial charge >= 0.3 is 0 Å². The van der Waals surface area contributed by atoms with E-state index < -0.39 is 14.1 Å². The molecule has 0 saturated heterocycles. The topological polar surface area (TPSA) is 34.1 Å². The average molecular weight is 848 g/mol. The molecule has 0 radical (unpaired) electrons. The minimum atomic E-state index is -3.75. The van der Waals surface area contributed by atoms with Gasteiger partial charge in [0.15, 0.2) is 4.29 Å². The molecule has 1 atom stereocenters. The molecule has 2 aromatic carbocycles. The van der Waals surface area contributed by atoms with E-state index in [2.05, 4.69) is 130 Å². The first-order valence-corrected chi connectivity index (χ1v) is 16.2. The van der Waals surface area contributed by atoms with Crippen LogP contribution in [-0.4, -0.2) is 8.42 Å². The van der Waals surface area contributed by atoms with Crippen LogP contribution < -0.4 is 0 Å². The first-order chi connectivity index (χ1) is 14.4. The maximum absolute atomic E-state index is 13.2. The first-order valence-electron chi connectivity index (χ1n) is 9.98. The fourth-order valence-corrected chi connectivity index (χ4v) is 7.81. The Hall–Kier alpha value is 1.27. The molecule has 2 nitrogen and oxygen atoms in total. The molecule has 32 heavy (non-hydrogen) atoms. The van der Waals surface area contributed by atoms with Gasteiger partial charge in [0.1, 0.15) is 0 Å². The second-order valence-electron chi connectivity index (χ2n) is 8.77. The van der Waals surface area contributed by atoms with E-state index in [0.29, 0.717) is 16.5 Å². The Labute approximate surface area is 243 Å². The lowest BCUT2D eigenvalue weighted by Gasteiger charge is -2.21. The maximum Gasteiger partial charge on any atom is 0.207 e. The predicted molar refractivity (Wildman–Crippen MR) is 159 cm³/mol. The number of halogens is 6. The Kier molecular flexibility index (Phi) is 12.2. The Bertz CT molecular complexity index is 923.